The number of benzene rings is 1. The van der Waals surface area contributed by atoms with Crippen LogP contribution in [0, 0.1) is 11.8 Å². The number of carbonyl (C=O) groups is 1. The molecule has 6 nitrogen and oxygen atoms in total. The molecule has 0 aliphatic rings. The topological polar surface area (TPSA) is 118 Å². The average Bonchev–Trinajstić information content (AvgIpc) is 2.18. The van der Waals surface area contributed by atoms with E-state index in [0.29, 0.717) is 0 Å². The van der Waals surface area contributed by atoms with Crippen molar-refractivity contribution in [3.8, 4) is 34.8 Å². The monoisotopic (exact) mass is 217 g/mol. The van der Waals surface area contributed by atoms with Crippen LogP contribution < -0.4 is 0 Å². The van der Waals surface area contributed by atoms with Gasteiger partial charge in [0.15, 0.2) is 11.5 Å². The molecule has 0 bridgehead atoms. The number of phenolic OH excluding ortho intramolecular Hbond substituents is 4. The Kier molecular flexibility index (Phi) is 4.58. The van der Waals surface area contributed by atoms with Crippen molar-refractivity contribution >= 4 is 24.8 Å². The minimum Gasteiger partial charge on any atom is -0.504 e. The zero-order chi connectivity index (χ0) is 11.6. The van der Waals surface area contributed by atoms with Crippen LogP contribution in [0.2, 0.25) is 0 Å². The second-order valence-electron chi connectivity index (χ2n) is 2.54. The summed E-state index contributed by atoms with van der Waals surface area (Å²) in [7, 11) is 0. The minimum absolute atomic E-state index is 0. The Bertz CT molecular complexity index is 485. The van der Waals surface area contributed by atoms with E-state index in [-0.39, 0.29) is 24.4 Å². The third kappa shape index (κ3) is 2.77. The molecule has 1 aromatic carbocycles. The number of aliphatic carboxylic acids is 1. The van der Waals surface area contributed by atoms with Crippen LogP contribution in [-0.2, 0) is 4.79 Å². The maximum absolute atomic E-state index is 10.1. The van der Waals surface area contributed by atoms with Crippen LogP contribution in [0.1, 0.15) is 5.56 Å². The zero-order valence-electron chi connectivity index (χ0n) is 8.22. The van der Waals surface area contributed by atoms with E-state index >= 15 is 0 Å². The first-order chi connectivity index (χ1) is 6.93. The third-order valence-corrected chi connectivity index (χ3v) is 1.53. The molecule has 1 radical (unpaired) electrons. The molecule has 0 atom stereocenters. The molecule has 5 N–H and O–H groups in total. The van der Waals surface area contributed by atoms with Crippen LogP contribution >= 0.6 is 0 Å². The number of hydrogen-bond acceptors (Lipinski definition) is 5. The second kappa shape index (κ2) is 5.22. The summed E-state index contributed by atoms with van der Waals surface area (Å²) in [4.78, 5) is 10.1. The Morgan fingerprint density at radius 3 is 2.12 bits per heavy atom. The maximum atomic E-state index is 10.1. The Labute approximate surface area is 102 Å². The van der Waals surface area contributed by atoms with Gasteiger partial charge in [-0.2, -0.15) is 0 Å². The quantitative estimate of drug-likeness (QED) is 0.174. The third-order valence-electron chi connectivity index (χ3n) is 1.53. The Balaban J connectivity index is 0.00000225. The Morgan fingerprint density at radius 1 is 1.06 bits per heavy atom. The fraction of sp³-hybridized carbons (Fsp3) is 0. The van der Waals surface area contributed by atoms with Crippen molar-refractivity contribution in [1.82, 2.24) is 0 Å². The predicted molar refractivity (Wildman–Crippen MR) is 53.4 cm³/mol. The first kappa shape index (κ1) is 14.0. The molecule has 0 aliphatic carbocycles. The van der Waals surface area contributed by atoms with Crippen molar-refractivity contribution in [2.75, 3.05) is 0 Å². The second-order valence-corrected chi connectivity index (χ2v) is 2.54. The summed E-state index contributed by atoms with van der Waals surface area (Å²) in [6.45, 7) is 0. The van der Waals surface area contributed by atoms with Crippen LogP contribution in [-0.4, -0.2) is 50.4 Å². The standard InChI is InChI=1S/C9H6O6.Li/c10-5-3-4(1-2-6(11)12)7(13)9(15)8(5)14;/h3,10,13-15H,(H,11,12);. The smallest absolute Gasteiger partial charge is 0.382 e. The molecule has 79 valence electrons. The molecule has 0 saturated carbocycles. The summed E-state index contributed by atoms with van der Waals surface area (Å²) in [6.07, 6.45) is 0. The number of aromatic hydroxyl groups is 4. The van der Waals surface area contributed by atoms with Crippen molar-refractivity contribution in [2.45, 2.75) is 0 Å². The Morgan fingerprint density at radius 2 is 1.62 bits per heavy atom. The summed E-state index contributed by atoms with van der Waals surface area (Å²) >= 11 is 0. The van der Waals surface area contributed by atoms with E-state index in [9.17, 15) is 9.90 Å². The first-order valence-electron chi connectivity index (χ1n) is 3.65. The summed E-state index contributed by atoms with van der Waals surface area (Å²) in [5, 5.41) is 44.5. The molecule has 1 rings (SSSR count). The van der Waals surface area contributed by atoms with Crippen molar-refractivity contribution in [1.29, 1.82) is 0 Å². The molecular weight excluding hydrogens is 211 g/mol. The van der Waals surface area contributed by atoms with Gasteiger partial charge in [0, 0.05) is 30.8 Å². The summed E-state index contributed by atoms with van der Waals surface area (Å²) < 4.78 is 0. The number of phenols is 4. The first-order valence-corrected chi connectivity index (χ1v) is 3.65. The van der Waals surface area contributed by atoms with Gasteiger partial charge in [-0.15, -0.1) is 0 Å². The molecule has 0 aliphatic heterocycles. The molecule has 0 heterocycles. The largest absolute Gasteiger partial charge is 0.504 e. The van der Waals surface area contributed by atoms with Gasteiger partial charge in [-0.1, -0.05) is 5.92 Å². The van der Waals surface area contributed by atoms with Gasteiger partial charge in [0.1, 0.15) is 0 Å². The molecule has 0 fully saturated rings. The SMILES string of the molecule is O=C(O)C#Cc1cc(O)c(O)c(O)c1O.[Li]. The van der Waals surface area contributed by atoms with Crippen molar-refractivity contribution in [3.63, 3.8) is 0 Å². The van der Waals surface area contributed by atoms with E-state index in [1.54, 1.807) is 5.92 Å². The van der Waals surface area contributed by atoms with Crippen molar-refractivity contribution in [3.05, 3.63) is 11.6 Å². The van der Waals surface area contributed by atoms with Crippen molar-refractivity contribution in [2.24, 2.45) is 0 Å². The van der Waals surface area contributed by atoms with E-state index in [2.05, 4.69) is 0 Å². The van der Waals surface area contributed by atoms with E-state index in [4.69, 9.17) is 20.4 Å². The van der Waals surface area contributed by atoms with Crippen LogP contribution in [0.4, 0.5) is 0 Å². The average molecular weight is 217 g/mol. The number of carboxylic acid groups (broad SMARTS) is 1. The van der Waals surface area contributed by atoms with Gasteiger partial charge >= 0.3 is 5.97 Å². The van der Waals surface area contributed by atoms with Gasteiger partial charge in [-0.05, 0) is 0 Å². The zero-order valence-corrected chi connectivity index (χ0v) is 8.22. The molecule has 0 amide bonds. The molecule has 7 heteroatoms. The normalized spacial score (nSPS) is 8.50. The molecule has 0 spiro atoms. The van der Waals surface area contributed by atoms with Gasteiger partial charge in [-0.25, -0.2) is 4.79 Å². The number of hydrogen-bond donors (Lipinski definition) is 5. The van der Waals surface area contributed by atoms with Crippen LogP contribution in [0.25, 0.3) is 0 Å². The molecule has 16 heavy (non-hydrogen) atoms. The summed E-state index contributed by atoms with van der Waals surface area (Å²) in [6, 6.07) is 0.834. The van der Waals surface area contributed by atoms with E-state index in [1.165, 1.54) is 0 Å². The summed E-state index contributed by atoms with van der Waals surface area (Å²) in [5.41, 5.74) is -0.301. The van der Waals surface area contributed by atoms with Gasteiger partial charge in [0.25, 0.3) is 0 Å². The Hall–Kier alpha value is -1.95. The maximum Gasteiger partial charge on any atom is 0.382 e. The molecule has 0 aromatic heterocycles. The van der Waals surface area contributed by atoms with E-state index < -0.39 is 29.0 Å². The summed E-state index contributed by atoms with van der Waals surface area (Å²) in [5.74, 6) is -1.11. The molecule has 1 aromatic rings. The van der Waals surface area contributed by atoms with Crippen LogP contribution in [0.5, 0.6) is 23.0 Å². The molecular formula is C9H6LiO6. The fourth-order valence-corrected chi connectivity index (χ4v) is 0.851. The van der Waals surface area contributed by atoms with Crippen LogP contribution in [0.15, 0.2) is 6.07 Å². The van der Waals surface area contributed by atoms with Crippen LogP contribution in [0.3, 0.4) is 0 Å². The van der Waals surface area contributed by atoms with Gasteiger partial charge < -0.3 is 25.5 Å². The van der Waals surface area contributed by atoms with Gasteiger partial charge in [0.05, 0.1) is 5.56 Å². The number of rotatable bonds is 0. The van der Waals surface area contributed by atoms with Gasteiger partial charge in [-0.3, -0.25) is 0 Å². The van der Waals surface area contributed by atoms with E-state index in [1.807, 2.05) is 5.92 Å². The van der Waals surface area contributed by atoms with Gasteiger partial charge in [0.2, 0.25) is 11.5 Å². The van der Waals surface area contributed by atoms with Crippen molar-refractivity contribution < 1.29 is 30.3 Å². The molecule has 0 saturated heterocycles. The minimum atomic E-state index is -1.43. The predicted octanol–water partition coefficient (Wildman–Crippen LogP) is -0.436. The fourth-order valence-electron chi connectivity index (χ4n) is 0.851. The number of carboxylic acids is 1. The molecule has 0 unspecified atom stereocenters. The van der Waals surface area contributed by atoms with E-state index in [0.717, 1.165) is 6.07 Å².